The third-order valence-corrected chi connectivity index (χ3v) is 3.89. The first-order chi connectivity index (χ1) is 8.34. The summed E-state index contributed by atoms with van der Waals surface area (Å²) in [7, 11) is -3.65. The quantitative estimate of drug-likeness (QED) is 0.718. The molecule has 0 radical (unpaired) electrons. The van der Waals surface area contributed by atoms with Gasteiger partial charge in [0.15, 0.2) is 0 Å². The van der Waals surface area contributed by atoms with Crippen molar-refractivity contribution < 1.29 is 8.42 Å². The normalized spacial score (nSPS) is 13.6. The third-order valence-electron chi connectivity index (χ3n) is 2.98. The predicted molar refractivity (Wildman–Crippen MR) is 73.7 cm³/mol. The minimum absolute atomic E-state index is 0.112. The highest BCUT2D eigenvalue weighted by molar-refractivity contribution is 7.89. The molecule has 1 aromatic carbocycles. The van der Waals surface area contributed by atoms with E-state index in [9.17, 15) is 8.42 Å². The van der Waals surface area contributed by atoms with Gasteiger partial charge < -0.3 is 11.1 Å². The fraction of sp³-hybridized carbons (Fsp3) is 0.500. The molecule has 5 nitrogen and oxygen atoms in total. The molecular formula is C12H21N3O2S. The van der Waals surface area contributed by atoms with E-state index in [1.165, 1.54) is 12.1 Å². The van der Waals surface area contributed by atoms with Crippen molar-refractivity contribution in [2.75, 3.05) is 18.4 Å². The SMILES string of the molecule is CC(C)C(CN)CNc1cccc(S(N)(=O)=O)c1. The Hall–Kier alpha value is -1.11. The van der Waals surface area contributed by atoms with Crippen molar-refractivity contribution in [1.29, 1.82) is 0 Å². The fourth-order valence-electron chi connectivity index (χ4n) is 1.62. The molecule has 0 aromatic heterocycles. The van der Waals surface area contributed by atoms with Gasteiger partial charge in [0.1, 0.15) is 0 Å². The summed E-state index contributed by atoms with van der Waals surface area (Å²) in [5, 5.41) is 8.27. The van der Waals surface area contributed by atoms with E-state index in [4.69, 9.17) is 10.9 Å². The largest absolute Gasteiger partial charge is 0.385 e. The average molecular weight is 271 g/mol. The van der Waals surface area contributed by atoms with Gasteiger partial charge in [-0.05, 0) is 36.6 Å². The standard InChI is InChI=1S/C12H21N3O2S/c1-9(2)10(7-13)8-15-11-4-3-5-12(6-11)18(14,16)17/h3-6,9-10,15H,7-8,13H2,1-2H3,(H2,14,16,17). The summed E-state index contributed by atoms with van der Waals surface area (Å²) in [4.78, 5) is 0.112. The Morgan fingerprint density at radius 2 is 2.00 bits per heavy atom. The molecule has 0 fully saturated rings. The van der Waals surface area contributed by atoms with E-state index in [0.717, 1.165) is 5.69 Å². The number of hydrogen-bond acceptors (Lipinski definition) is 4. The van der Waals surface area contributed by atoms with E-state index < -0.39 is 10.0 Å². The van der Waals surface area contributed by atoms with Crippen LogP contribution in [0.5, 0.6) is 0 Å². The summed E-state index contributed by atoms with van der Waals surface area (Å²) in [6.07, 6.45) is 0. The van der Waals surface area contributed by atoms with Gasteiger partial charge in [-0.25, -0.2) is 13.6 Å². The molecule has 5 N–H and O–H groups in total. The van der Waals surface area contributed by atoms with Crippen LogP contribution < -0.4 is 16.2 Å². The molecule has 0 aliphatic heterocycles. The van der Waals surface area contributed by atoms with Crippen LogP contribution in [0.1, 0.15) is 13.8 Å². The number of hydrogen-bond donors (Lipinski definition) is 3. The smallest absolute Gasteiger partial charge is 0.238 e. The van der Waals surface area contributed by atoms with Crippen LogP contribution in [0.4, 0.5) is 5.69 Å². The van der Waals surface area contributed by atoms with Crippen molar-refractivity contribution in [3.05, 3.63) is 24.3 Å². The highest BCUT2D eigenvalue weighted by atomic mass is 32.2. The van der Waals surface area contributed by atoms with Crippen LogP contribution in [0.25, 0.3) is 0 Å². The van der Waals surface area contributed by atoms with Crippen LogP contribution >= 0.6 is 0 Å². The number of rotatable bonds is 6. The Bertz CT molecular complexity index is 486. The molecule has 1 unspecified atom stereocenters. The zero-order valence-corrected chi connectivity index (χ0v) is 11.6. The minimum atomic E-state index is -3.65. The van der Waals surface area contributed by atoms with Gasteiger partial charge in [-0.2, -0.15) is 0 Å². The predicted octanol–water partition coefficient (Wildman–Crippen LogP) is 0.977. The number of nitrogens with one attached hydrogen (secondary N) is 1. The van der Waals surface area contributed by atoms with Crippen molar-refractivity contribution in [3.63, 3.8) is 0 Å². The molecule has 0 aliphatic carbocycles. The monoisotopic (exact) mass is 271 g/mol. The second kappa shape index (κ2) is 6.17. The van der Waals surface area contributed by atoms with Crippen molar-refractivity contribution >= 4 is 15.7 Å². The summed E-state index contributed by atoms with van der Waals surface area (Å²) in [6.45, 7) is 5.53. The molecule has 1 atom stereocenters. The lowest BCUT2D eigenvalue weighted by molar-refractivity contribution is 0.413. The fourth-order valence-corrected chi connectivity index (χ4v) is 2.18. The van der Waals surface area contributed by atoms with Crippen LogP contribution in [0.15, 0.2) is 29.2 Å². The van der Waals surface area contributed by atoms with Crippen LogP contribution in [0.3, 0.4) is 0 Å². The third kappa shape index (κ3) is 4.29. The van der Waals surface area contributed by atoms with E-state index in [0.29, 0.717) is 24.9 Å². The molecule has 18 heavy (non-hydrogen) atoms. The summed E-state index contributed by atoms with van der Waals surface area (Å²) in [5.74, 6) is 0.826. The molecule has 1 aromatic rings. The van der Waals surface area contributed by atoms with Crippen molar-refractivity contribution in [2.24, 2.45) is 22.7 Å². The zero-order valence-electron chi connectivity index (χ0n) is 10.8. The highest BCUT2D eigenvalue weighted by Crippen LogP contribution is 2.16. The maximum absolute atomic E-state index is 11.2. The second-order valence-electron chi connectivity index (χ2n) is 4.69. The lowest BCUT2D eigenvalue weighted by atomic mass is 9.96. The van der Waals surface area contributed by atoms with E-state index in [1.807, 2.05) is 6.07 Å². The summed E-state index contributed by atoms with van der Waals surface area (Å²) in [6, 6.07) is 6.48. The first-order valence-corrected chi connectivity index (χ1v) is 7.46. The van der Waals surface area contributed by atoms with Gasteiger partial charge in [0, 0.05) is 12.2 Å². The van der Waals surface area contributed by atoms with Gasteiger partial charge in [-0.15, -0.1) is 0 Å². The van der Waals surface area contributed by atoms with Crippen LogP contribution in [-0.2, 0) is 10.0 Å². The molecule has 0 spiro atoms. The van der Waals surface area contributed by atoms with E-state index >= 15 is 0 Å². The molecule has 0 saturated carbocycles. The number of anilines is 1. The summed E-state index contributed by atoms with van der Waals surface area (Å²) in [5.41, 5.74) is 6.42. The van der Waals surface area contributed by atoms with E-state index in [-0.39, 0.29) is 4.90 Å². The van der Waals surface area contributed by atoms with Gasteiger partial charge in [0.05, 0.1) is 4.90 Å². The summed E-state index contributed by atoms with van der Waals surface area (Å²) >= 11 is 0. The Morgan fingerprint density at radius 3 is 2.50 bits per heavy atom. The molecule has 0 bridgehead atoms. The maximum Gasteiger partial charge on any atom is 0.238 e. The van der Waals surface area contributed by atoms with Gasteiger partial charge in [0.2, 0.25) is 10.0 Å². The topological polar surface area (TPSA) is 98.2 Å². The molecule has 102 valence electrons. The Kier molecular flexibility index (Phi) is 5.13. The molecule has 0 amide bonds. The zero-order chi connectivity index (χ0) is 13.8. The molecule has 1 rings (SSSR count). The van der Waals surface area contributed by atoms with Crippen LogP contribution in [0, 0.1) is 11.8 Å². The van der Waals surface area contributed by atoms with Crippen molar-refractivity contribution in [2.45, 2.75) is 18.7 Å². The number of primary sulfonamides is 1. The van der Waals surface area contributed by atoms with Gasteiger partial charge >= 0.3 is 0 Å². The Labute approximate surface area is 109 Å². The first-order valence-electron chi connectivity index (χ1n) is 5.91. The Balaban J connectivity index is 2.74. The highest BCUT2D eigenvalue weighted by Gasteiger charge is 2.12. The van der Waals surface area contributed by atoms with E-state index in [2.05, 4.69) is 19.2 Å². The maximum atomic E-state index is 11.2. The Morgan fingerprint density at radius 1 is 1.33 bits per heavy atom. The molecule has 0 aliphatic rings. The van der Waals surface area contributed by atoms with E-state index in [1.54, 1.807) is 6.07 Å². The number of benzene rings is 1. The minimum Gasteiger partial charge on any atom is -0.385 e. The summed E-state index contributed by atoms with van der Waals surface area (Å²) < 4.78 is 22.4. The molecule has 6 heteroatoms. The molecule has 0 heterocycles. The van der Waals surface area contributed by atoms with Crippen LogP contribution in [0.2, 0.25) is 0 Å². The average Bonchev–Trinajstić information content (AvgIpc) is 2.28. The van der Waals surface area contributed by atoms with Gasteiger partial charge in [-0.3, -0.25) is 0 Å². The van der Waals surface area contributed by atoms with Crippen molar-refractivity contribution in [3.8, 4) is 0 Å². The second-order valence-corrected chi connectivity index (χ2v) is 6.25. The lowest BCUT2D eigenvalue weighted by Crippen LogP contribution is -2.27. The lowest BCUT2D eigenvalue weighted by Gasteiger charge is -2.20. The molecular weight excluding hydrogens is 250 g/mol. The molecule has 0 saturated heterocycles. The first kappa shape index (κ1) is 14.9. The van der Waals surface area contributed by atoms with Crippen molar-refractivity contribution in [1.82, 2.24) is 0 Å². The van der Waals surface area contributed by atoms with Gasteiger partial charge in [0.25, 0.3) is 0 Å². The van der Waals surface area contributed by atoms with Gasteiger partial charge in [-0.1, -0.05) is 19.9 Å². The number of sulfonamides is 1. The van der Waals surface area contributed by atoms with Crippen LogP contribution in [-0.4, -0.2) is 21.5 Å². The number of nitrogens with two attached hydrogens (primary N) is 2.